The fourth-order valence-corrected chi connectivity index (χ4v) is 1.88. The van der Waals surface area contributed by atoms with Crippen LogP contribution in [-0.2, 0) is 11.2 Å². The van der Waals surface area contributed by atoms with Gasteiger partial charge in [-0.15, -0.1) is 11.3 Å². The van der Waals surface area contributed by atoms with Crippen LogP contribution in [0.4, 0.5) is 4.79 Å². The number of hydrogen-bond acceptors (Lipinski definition) is 5. The lowest BCUT2D eigenvalue weighted by Crippen LogP contribution is -2.46. The van der Waals surface area contributed by atoms with Crippen LogP contribution in [0.3, 0.4) is 0 Å². The minimum absolute atomic E-state index is 0.0186. The monoisotopic (exact) mass is 273 g/mol. The molecule has 4 N–H and O–H groups in total. The quantitative estimate of drug-likeness (QED) is 0.550. The molecule has 0 aliphatic carbocycles. The zero-order chi connectivity index (χ0) is 13.4. The molecule has 0 bridgehead atoms. The highest BCUT2D eigenvalue weighted by atomic mass is 32.1. The van der Waals surface area contributed by atoms with Gasteiger partial charge >= 0.3 is 12.0 Å². The van der Waals surface area contributed by atoms with Crippen LogP contribution < -0.4 is 10.6 Å². The summed E-state index contributed by atoms with van der Waals surface area (Å²) in [7, 11) is 0. The number of nitrogens with zero attached hydrogens (tertiary/aromatic N) is 1. The van der Waals surface area contributed by atoms with Crippen molar-refractivity contribution in [1.29, 1.82) is 0 Å². The summed E-state index contributed by atoms with van der Waals surface area (Å²) >= 11 is 1.49. The van der Waals surface area contributed by atoms with Gasteiger partial charge in [-0.2, -0.15) is 0 Å². The van der Waals surface area contributed by atoms with Gasteiger partial charge in [0, 0.05) is 37.6 Å². The van der Waals surface area contributed by atoms with Crippen molar-refractivity contribution < 1.29 is 19.8 Å². The van der Waals surface area contributed by atoms with E-state index in [0.717, 1.165) is 5.01 Å². The highest BCUT2D eigenvalue weighted by Crippen LogP contribution is 2.03. The number of aliphatic carboxylic acids is 1. The van der Waals surface area contributed by atoms with Crippen LogP contribution >= 0.6 is 11.3 Å². The second kappa shape index (κ2) is 7.62. The fourth-order valence-electron chi connectivity index (χ4n) is 1.26. The van der Waals surface area contributed by atoms with E-state index >= 15 is 0 Å². The Balaban J connectivity index is 2.25. The van der Waals surface area contributed by atoms with Crippen LogP contribution in [0, 0.1) is 0 Å². The second-order valence-corrected chi connectivity index (χ2v) is 4.46. The maximum atomic E-state index is 11.4. The number of carbonyl (C=O) groups is 2. The maximum Gasteiger partial charge on any atom is 0.326 e. The van der Waals surface area contributed by atoms with Gasteiger partial charge in [0.1, 0.15) is 6.04 Å². The minimum Gasteiger partial charge on any atom is -0.480 e. The van der Waals surface area contributed by atoms with E-state index in [1.165, 1.54) is 11.3 Å². The molecule has 100 valence electrons. The third-order valence-electron chi connectivity index (χ3n) is 2.13. The molecular weight excluding hydrogens is 258 g/mol. The molecule has 1 aromatic heterocycles. The molecule has 2 amide bonds. The lowest BCUT2D eigenvalue weighted by molar-refractivity contribution is -0.139. The number of aliphatic hydroxyl groups excluding tert-OH is 1. The molecule has 1 heterocycles. The molecule has 0 radical (unpaired) electrons. The Bertz CT molecular complexity index is 382. The van der Waals surface area contributed by atoms with Crippen molar-refractivity contribution in [2.45, 2.75) is 18.9 Å². The first-order valence-corrected chi connectivity index (χ1v) is 6.28. The molecule has 1 rings (SSSR count). The first-order chi connectivity index (χ1) is 8.63. The van der Waals surface area contributed by atoms with Gasteiger partial charge in [0.15, 0.2) is 0 Å². The van der Waals surface area contributed by atoms with Crippen LogP contribution in [0.1, 0.15) is 11.4 Å². The van der Waals surface area contributed by atoms with Gasteiger partial charge in [-0.3, -0.25) is 0 Å². The van der Waals surface area contributed by atoms with Crippen LogP contribution in [0.2, 0.25) is 0 Å². The first kappa shape index (κ1) is 14.4. The number of rotatable bonds is 7. The number of urea groups is 1. The van der Waals surface area contributed by atoms with E-state index in [1.807, 2.05) is 5.38 Å². The molecule has 0 aromatic carbocycles. The molecule has 0 saturated carbocycles. The molecule has 0 spiro atoms. The molecule has 1 atom stereocenters. The summed E-state index contributed by atoms with van der Waals surface area (Å²) in [6.07, 6.45) is 2.26. The number of thiazole rings is 1. The molecule has 1 aromatic rings. The van der Waals surface area contributed by atoms with Crippen LogP contribution in [0.5, 0.6) is 0 Å². The lowest BCUT2D eigenvalue weighted by atomic mass is 10.2. The summed E-state index contributed by atoms with van der Waals surface area (Å²) in [5, 5.41) is 25.0. The zero-order valence-corrected chi connectivity index (χ0v) is 10.4. The Hall–Kier alpha value is -1.67. The molecule has 7 nitrogen and oxygen atoms in total. The largest absolute Gasteiger partial charge is 0.480 e. The zero-order valence-electron chi connectivity index (χ0n) is 9.63. The summed E-state index contributed by atoms with van der Waals surface area (Å²) in [5.41, 5.74) is 0. The number of nitrogens with one attached hydrogen (secondary N) is 2. The molecule has 0 fully saturated rings. The average Bonchev–Trinajstić information content (AvgIpc) is 2.81. The standard InChI is InChI=1S/C10H15N3O4S/c14-5-2-7(9(15)16)13-10(17)12-3-1-8-11-4-6-18-8/h4,6-7,14H,1-3,5H2,(H,15,16)(H2,12,13,17). The van der Waals surface area contributed by atoms with Crippen LogP contribution in [0.25, 0.3) is 0 Å². The van der Waals surface area contributed by atoms with Crippen molar-refractivity contribution >= 4 is 23.3 Å². The van der Waals surface area contributed by atoms with Crippen molar-refractivity contribution in [1.82, 2.24) is 15.6 Å². The SMILES string of the molecule is O=C(NCCc1nccs1)NC(CCO)C(=O)O. The number of amides is 2. The average molecular weight is 273 g/mol. The molecule has 8 heteroatoms. The van der Waals surface area contributed by atoms with Gasteiger partial charge in [0.05, 0.1) is 5.01 Å². The molecule has 1 unspecified atom stereocenters. The second-order valence-electron chi connectivity index (χ2n) is 3.48. The van der Waals surface area contributed by atoms with Crippen molar-refractivity contribution in [3.05, 3.63) is 16.6 Å². The number of carboxylic acids is 1. The van der Waals surface area contributed by atoms with Gasteiger partial charge in [0.25, 0.3) is 0 Å². The molecule has 0 saturated heterocycles. The predicted molar refractivity (Wildman–Crippen MR) is 65.5 cm³/mol. The Morgan fingerprint density at radius 1 is 1.50 bits per heavy atom. The number of carbonyl (C=O) groups excluding carboxylic acids is 1. The Kier molecular flexibility index (Phi) is 6.09. The number of hydrogen-bond donors (Lipinski definition) is 4. The maximum absolute atomic E-state index is 11.4. The summed E-state index contributed by atoms with van der Waals surface area (Å²) in [6, 6.07) is -1.64. The molecule has 0 aliphatic heterocycles. The Labute approximate surface area is 108 Å². The van der Waals surface area contributed by atoms with Crippen molar-refractivity contribution in [2.24, 2.45) is 0 Å². The molecule has 0 aliphatic rings. The van der Waals surface area contributed by atoms with Gasteiger partial charge in [0.2, 0.25) is 0 Å². The van der Waals surface area contributed by atoms with Crippen molar-refractivity contribution in [3.8, 4) is 0 Å². The molecular formula is C10H15N3O4S. The predicted octanol–water partition coefficient (Wildman–Crippen LogP) is -0.180. The number of aromatic nitrogens is 1. The van der Waals surface area contributed by atoms with Gasteiger partial charge < -0.3 is 20.8 Å². The lowest BCUT2D eigenvalue weighted by Gasteiger charge is -2.13. The van der Waals surface area contributed by atoms with Crippen molar-refractivity contribution in [2.75, 3.05) is 13.2 Å². The normalized spacial score (nSPS) is 11.8. The van der Waals surface area contributed by atoms with E-state index in [4.69, 9.17) is 10.2 Å². The third-order valence-corrected chi connectivity index (χ3v) is 2.97. The van der Waals surface area contributed by atoms with E-state index in [9.17, 15) is 9.59 Å². The molecule has 18 heavy (non-hydrogen) atoms. The van der Waals surface area contributed by atoms with Crippen LogP contribution in [0.15, 0.2) is 11.6 Å². The van der Waals surface area contributed by atoms with E-state index in [2.05, 4.69) is 15.6 Å². The topological polar surface area (TPSA) is 112 Å². The van der Waals surface area contributed by atoms with Crippen LogP contribution in [-0.4, -0.2) is 46.4 Å². The highest BCUT2D eigenvalue weighted by molar-refractivity contribution is 7.09. The van der Waals surface area contributed by atoms with Gasteiger partial charge in [-0.1, -0.05) is 0 Å². The fraction of sp³-hybridized carbons (Fsp3) is 0.500. The highest BCUT2D eigenvalue weighted by Gasteiger charge is 2.18. The third kappa shape index (κ3) is 5.11. The summed E-state index contributed by atoms with van der Waals surface area (Å²) < 4.78 is 0. The number of aliphatic hydroxyl groups is 1. The summed E-state index contributed by atoms with van der Waals surface area (Å²) in [5.74, 6) is -1.17. The number of carboxylic acid groups (broad SMARTS) is 1. The van der Waals surface area contributed by atoms with Crippen molar-refractivity contribution in [3.63, 3.8) is 0 Å². The van der Waals surface area contributed by atoms with E-state index < -0.39 is 18.0 Å². The summed E-state index contributed by atoms with van der Waals surface area (Å²) in [6.45, 7) is 0.0845. The Morgan fingerprint density at radius 2 is 2.28 bits per heavy atom. The first-order valence-electron chi connectivity index (χ1n) is 5.40. The van der Waals surface area contributed by atoms with E-state index in [0.29, 0.717) is 13.0 Å². The Morgan fingerprint density at radius 3 is 2.83 bits per heavy atom. The van der Waals surface area contributed by atoms with E-state index in [-0.39, 0.29) is 13.0 Å². The minimum atomic E-state index is -1.17. The smallest absolute Gasteiger partial charge is 0.326 e. The summed E-state index contributed by atoms with van der Waals surface area (Å²) in [4.78, 5) is 26.2. The van der Waals surface area contributed by atoms with E-state index in [1.54, 1.807) is 6.20 Å². The van der Waals surface area contributed by atoms with Gasteiger partial charge in [-0.05, 0) is 0 Å². The van der Waals surface area contributed by atoms with Gasteiger partial charge in [-0.25, -0.2) is 14.6 Å².